The predicted molar refractivity (Wildman–Crippen MR) is 134 cm³/mol. The minimum Gasteiger partial charge on any atom is -0.381 e. The highest BCUT2D eigenvalue weighted by Gasteiger charge is 2.36. The summed E-state index contributed by atoms with van der Waals surface area (Å²) >= 11 is 12.1. The molecule has 0 saturated heterocycles. The highest BCUT2D eigenvalue weighted by molar-refractivity contribution is 7.90. The Balaban J connectivity index is 1.47. The number of allylic oxidation sites excluding steroid dienone is 2. The standard InChI is InChI=1S/C25H21Cl2N3O3S/c1-15-2-5-18(6-3-15)34(32,33)30-14-17-9-11-28-21-13-22(25(31)24(30)23(17)21)29-10-8-16-4-7-19(26)20(27)12-16/h2-7,12-14,29H,8-11H2,1H3. The van der Waals surface area contributed by atoms with Crippen molar-refractivity contribution in [2.75, 3.05) is 13.1 Å². The van der Waals surface area contributed by atoms with E-state index in [0.29, 0.717) is 52.9 Å². The quantitative estimate of drug-likeness (QED) is 0.522. The Morgan fingerprint density at radius 3 is 2.59 bits per heavy atom. The lowest BCUT2D eigenvalue weighted by Gasteiger charge is -2.21. The van der Waals surface area contributed by atoms with E-state index in [1.54, 1.807) is 48.7 Å². The van der Waals surface area contributed by atoms with Crippen molar-refractivity contribution in [3.63, 3.8) is 0 Å². The lowest BCUT2D eigenvalue weighted by Crippen LogP contribution is -2.32. The largest absolute Gasteiger partial charge is 0.381 e. The van der Waals surface area contributed by atoms with Gasteiger partial charge < -0.3 is 5.32 Å². The average molecular weight is 514 g/mol. The third-order valence-electron chi connectivity index (χ3n) is 6.00. The van der Waals surface area contributed by atoms with Crippen LogP contribution < -0.4 is 5.32 Å². The number of hydrogen-bond acceptors (Lipinski definition) is 5. The normalized spacial score (nSPS) is 15.0. The van der Waals surface area contributed by atoms with E-state index in [-0.39, 0.29) is 16.4 Å². The summed E-state index contributed by atoms with van der Waals surface area (Å²) in [5.41, 5.74) is 4.43. The Kier molecular flexibility index (Phi) is 5.88. The molecular formula is C25H21Cl2N3O3S. The SMILES string of the molecule is Cc1ccc(S(=O)(=O)n2cc3c4c2C(=O)C(NCCc2ccc(Cl)c(Cl)c2)=CC4=NCC3)cc1. The highest BCUT2D eigenvalue weighted by atomic mass is 35.5. The minimum atomic E-state index is -3.95. The van der Waals surface area contributed by atoms with Crippen LogP contribution in [0.1, 0.15) is 32.7 Å². The monoisotopic (exact) mass is 513 g/mol. The number of nitrogens with zero attached hydrogens (tertiary/aromatic N) is 2. The van der Waals surface area contributed by atoms with Crippen molar-refractivity contribution in [2.24, 2.45) is 4.99 Å². The van der Waals surface area contributed by atoms with Crippen LogP contribution in [0.4, 0.5) is 0 Å². The fourth-order valence-electron chi connectivity index (χ4n) is 4.23. The van der Waals surface area contributed by atoms with Gasteiger partial charge in [-0.25, -0.2) is 12.4 Å². The second kappa shape index (κ2) is 8.73. The van der Waals surface area contributed by atoms with Crippen LogP contribution in [0, 0.1) is 6.92 Å². The molecule has 0 saturated carbocycles. The molecule has 1 N–H and O–H groups in total. The van der Waals surface area contributed by atoms with Crippen LogP contribution in [0.5, 0.6) is 0 Å². The predicted octanol–water partition coefficient (Wildman–Crippen LogP) is 4.60. The molecule has 6 nitrogen and oxygen atoms in total. The first-order valence-corrected chi connectivity index (χ1v) is 13.0. The number of aromatic nitrogens is 1. The van der Waals surface area contributed by atoms with E-state index in [4.69, 9.17) is 23.2 Å². The molecule has 34 heavy (non-hydrogen) atoms. The van der Waals surface area contributed by atoms with Crippen LogP contribution in [-0.2, 0) is 22.9 Å². The Labute approximate surface area is 208 Å². The lowest BCUT2D eigenvalue weighted by molar-refractivity contribution is 0.102. The fourth-order valence-corrected chi connectivity index (χ4v) is 5.94. The van der Waals surface area contributed by atoms with Gasteiger partial charge in [-0.15, -0.1) is 0 Å². The minimum absolute atomic E-state index is 0.133. The number of hydrogen-bond donors (Lipinski definition) is 1. The molecule has 2 aliphatic rings. The molecule has 1 aliphatic carbocycles. The van der Waals surface area contributed by atoms with Gasteiger partial charge in [0.2, 0.25) is 5.78 Å². The van der Waals surface area contributed by atoms with E-state index in [0.717, 1.165) is 20.7 Å². The van der Waals surface area contributed by atoms with Crippen molar-refractivity contribution in [3.05, 3.63) is 98.4 Å². The van der Waals surface area contributed by atoms with E-state index < -0.39 is 10.0 Å². The molecule has 1 aliphatic heterocycles. The second-order valence-electron chi connectivity index (χ2n) is 8.32. The van der Waals surface area contributed by atoms with Crippen LogP contribution in [0.2, 0.25) is 10.0 Å². The maximum atomic E-state index is 13.5. The first-order valence-electron chi connectivity index (χ1n) is 10.8. The highest BCUT2D eigenvalue weighted by Crippen LogP contribution is 2.32. The zero-order chi connectivity index (χ0) is 24.0. The van der Waals surface area contributed by atoms with Crippen LogP contribution in [-0.4, -0.2) is 37.0 Å². The molecule has 3 aromatic rings. The van der Waals surface area contributed by atoms with Gasteiger partial charge in [0.1, 0.15) is 5.69 Å². The number of carbonyl (C=O) groups is 1. The van der Waals surface area contributed by atoms with Gasteiger partial charge in [0.15, 0.2) is 0 Å². The maximum Gasteiger partial charge on any atom is 0.268 e. The number of nitrogens with one attached hydrogen (secondary N) is 1. The summed E-state index contributed by atoms with van der Waals surface area (Å²) in [7, 11) is -3.95. The van der Waals surface area contributed by atoms with Gasteiger partial charge in [-0.2, -0.15) is 0 Å². The smallest absolute Gasteiger partial charge is 0.268 e. The van der Waals surface area contributed by atoms with Crippen molar-refractivity contribution in [1.82, 2.24) is 9.29 Å². The molecule has 0 unspecified atom stereocenters. The number of carbonyl (C=O) groups excluding carboxylic acids is 1. The number of aryl methyl sites for hydroxylation is 1. The van der Waals surface area contributed by atoms with Gasteiger partial charge in [-0.1, -0.05) is 47.0 Å². The molecule has 0 fully saturated rings. The number of rotatable bonds is 6. The van der Waals surface area contributed by atoms with Gasteiger partial charge in [-0.3, -0.25) is 9.79 Å². The molecule has 9 heteroatoms. The first-order chi connectivity index (χ1) is 16.3. The Morgan fingerprint density at radius 1 is 1.09 bits per heavy atom. The molecule has 0 spiro atoms. The summed E-state index contributed by atoms with van der Waals surface area (Å²) in [5.74, 6) is -0.369. The second-order valence-corrected chi connectivity index (χ2v) is 11.0. The molecule has 174 valence electrons. The van der Waals surface area contributed by atoms with E-state index in [1.807, 2.05) is 13.0 Å². The third-order valence-corrected chi connectivity index (χ3v) is 8.42. The Hall–Kier alpha value is -2.87. The molecule has 0 radical (unpaired) electrons. The summed E-state index contributed by atoms with van der Waals surface area (Å²) in [4.78, 5) is 18.2. The van der Waals surface area contributed by atoms with Crippen molar-refractivity contribution >= 4 is 44.7 Å². The third kappa shape index (κ3) is 3.98. The molecule has 2 heterocycles. The average Bonchev–Trinajstić information content (AvgIpc) is 3.22. The molecule has 2 aromatic carbocycles. The van der Waals surface area contributed by atoms with E-state index in [1.165, 1.54) is 0 Å². The topological polar surface area (TPSA) is 80.5 Å². The molecular weight excluding hydrogens is 493 g/mol. The number of benzene rings is 2. The Bertz CT molecular complexity index is 1490. The fraction of sp³-hybridized carbons (Fsp3) is 0.200. The molecule has 5 rings (SSSR count). The maximum absolute atomic E-state index is 13.5. The molecule has 1 aromatic heterocycles. The summed E-state index contributed by atoms with van der Waals surface area (Å²) in [6.07, 6.45) is 4.47. The van der Waals surface area contributed by atoms with E-state index in [9.17, 15) is 13.2 Å². The number of halogens is 2. The van der Waals surface area contributed by atoms with Crippen LogP contribution in [0.25, 0.3) is 0 Å². The zero-order valence-corrected chi connectivity index (χ0v) is 20.6. The van der Waals surface area contributed by atoms with Gasteiger partial charge in [0.05, 0.1) is 26.3 Å². The number of aliphatic imine (C=N–C) groups is 1. The van der Waals surface area contributed by atoms with Crippen LogP contribution in [0.3, 0.4) is 0 Å². The van der Waals surface area contributed by atoms with Crippen molar-refractivity contribution in [2.45, 2.75) is 24.7 Å². The molecule has 0 bridgehead atoms. The van der Waals surface area contributed by atoms with Gasteiger partial charge in [0.25, 0.3) is 10.0 Å². The Morgan fingerprint density at radius 2 is 1.85 bits per heavy atom. The summed E-state index contributed by atoms with van der Waals surface area (Å²) in [6, 6.07) is 12.0. The summed E-state index contributed by atoms with van der Waals surface area (Å²) < 4.78 is 28.1. The summed E-state index contributed by atoms with van der Waals surface area (Å²) in [5, 5.41) is 4.12. The zero-order valence-electron chi connectivity index (χ0n) is 18.3. The van der Waals surface area contributed by atoms with Crippen LogP contribution in [0.15, 0.2) is 70.3 Å². The number of Topliss-reactive ketones (excluding diaryl/α,β-unsaturated/α-hetero) is 1. The van der Waals surface area contributed by atoms with Crippen LogP contribution >= 0.6 is 23.2 Å². The molecule has 0 amide bonds. The van der Waals surface area contributed by atoms with E-state index in [2.05, 4.69) is 10.3 Å². The summed E-state index contributed by atoms with van der Waals surface area (Å²) in [6.45, 7) is 2.88. The lowest BCUT2D eigenvalue weighted by atomic mass is 9.92. The first kappa shape index (κ1) is 22.9. The van der Waals surface area contributed by atoms with Gasteiger partial charge in [-0.05, 0) is 61.2 Å². The van der Waals surface area contributed by atoms with Gasteiger partial charge >= 0.3 is 0 Å². The van der Waals surface area contributed by atoms with E-state index >= 15 is 0 Å². The van der Waals surface area contributed by atoms with Crippen molar-refractivity contribution in [1.29, 1.82) is 0 Å². The molecule has 0 atom stereocenters. The van der Waals surface area contributed by atoms with Crippen molar-refractivity contribution < 1.29 is 13.2 Å². The van der Waals surface area contributed by atoms with Gasteiger partial charge in [0, 0.05) is 24.8 Å². The number of ketones is 1. The van der Waals surface area contributed by atoms with Crippen molar-refractivity contribution in [3.8, 4) is 0 Å².